The van der Waals surface area contributed by atoms with Crippen molar-refractivity contribution in [2.24, 2.45) is 0 Å². The number of anilines is 2. The van der Waals surface area contributed by atoms with Crippen LogP contribution in [-0.4, -0.2) is 41.3 Å². The van der Waals surface area contributed by atoms with Gasteiger partial charge in [-0.2, -0.15) is 9.97 Å². The van der Waals surface area contributed by atoms with E-state index >= 15 is 0 Å². The largest absolute Gasteiger partial charge is 0.481 e. The second-order valence-electron chi connectivity index (χ2n) is 8.79. The van der Waals surface area contributed by atoms with Gasteiger partial charge in [0.15, 0.2) is 5.11 Å². The van der Waals surface area contributed by atoms with Gasteiger partial charge in [-0.25, -0.2) is 0 Å². The van der Waals surface area contributed by atoms with E-state index in [9.17, 15) is 0 Å². The van der Waals surface area contributed by atoms with Gasteiger partial charge >= 0.3 is 0 Å². The molecule has 166 valence electrons. The third-order valence-electron chi connectivity index (χ3n) is 6.75. The number of nitrogens with zero attached hydrogens (tertiary/aromatic N) is 3. The van der Waals surface area contributed by atoms with E-state index in [-0.39, 0.29) is 5.41 Å². The van der Waals surface area contributed by atoms with E-state index < -0.39 is 0 Å². The van der Waals surface area contributed by atoms with Crippen LogP contribution in [0, 0.1) is 0 Å². The smallest absolute Gasteiger partial charge is 0.234 e. The highest BCUT2D eigenvalue weighted by Crippen LogP contribution is 2.40. The maximum atomic E-state index is 5.62. The molecule has 0 unspecified atom stereocenters. The summed E-state index contributed by atoms with van der Waals surface area (Å²) < 4.78 is 5.44. The van der Waals surface area contributed by atoms with Crippen molar-refractivity contribution in [3.05, 3.63) is 42.0 Å². The Morgan fingerprint density at radius 3 is 2.65 bits per heavy atom. The molecule has 2 aromatic rings. The number of methoxy groups -OCH3 is 1. The Hall–Kier alpha value is -2.41. The number of rotatable bonds is 6. The molecule has 7 heteroatoms. The molecule has 1 saturated heterocycles. The lowest BCUT2D eigenvalue weighted by Gasteiger charge is -2.34. The van der Waals surface area contributed by atoms with Crippen molar-refractivity contribution in [2.75, 3.05) is 30.4 Å². The van der Waals surface area contributed by atoms with Crippen molar-refractivity contribution < 1.29 is 4.74 Å². The first kappa shape index (κ1) is 21.8. The van der Waals surface area contributed by atoms with Gasteiger partial charge < -0.3 is 20.3 Å². The van der Waals surface area contributed by atoms with Gasteiger partial charge in [-0.05, 0) is 56.8 Å². The Balaban J connectivity index is 1.45. The van der Waals surface area contributed by atoms with Gasteiger partial charge in [-0.1, -0.05) is 43.2 Å². The predicted molar refractivity (Wildman–Crippen MR) is 130 cm³/mol. The number of thiocarbonyl (C=S) groups is 1. The summed E-state index contributed by atoms with van der Waals surface area (Å²) in [6.07, 6.45) is 8.50. The summed E-state index contributed by atoms with van der Waals surface area (Å²) in [6.45, 7) is 4.06. The average Bonchev–Trinajstić information content (AvgIpc) is 3.29. The minimum Gasteiger partial charge on any atom is -0.481 e. The fourth-order valence-corrected chi connectivity index (χ4v) is 5.13. The zero-order chi connectivity index (χ0) is 21.7. The Bertz CT molecular complexity index is 885. The van der Waals surface area contributed by atoms with Gasteiger partial charge in [-0.3, -0.25) is 0 Å². The minimum absolute atomic E-state index is 0.136. The van der Waals surface area contributed by atoms with Crippen LogP contribution in [0.15, 0.2) is 36.4 Å². The number of piperidine rings is 1. The minimum atomic E-state index is 0.136. The topological polar surface area (TPSA) is 62.3 Å². The number of ether oxygens (including phenoxy) is 1. The zero-order valence-electron chi connectivity index (χ0n) is 18.6. The Morgan fingerprint density at radius 2 is 1.94 bits per heavy atom. The van der Waals surface area contributed by atoms with Crippen LogP contribution in [0.1, 0.15) is 57.4 Å². The first-order chi connectivity index (χ1) is 15.1. The molecule has 2 fully saturated rings. The molecule has 2 aliphatic rings. The van der Waals surface area contributed by atoms with E-state index in [4.69, 9.17) is 21.9 Å². The summed E-state index contributed by atoms with van der Waals surface area (Å²) >= 11 is 5.62. The molecular formula is C24H33N5OS. The highest BCUT2D eigenvalue weighted by Gasteiger charge is 2.35. The van der Waals surface area contributed by atoms with Gasteiger partial charge in [-0.15, -0.1) is 0 Å². The lowest BCUT2D eigenvalue weighted by Crippen LogP contribution is -2.41. The third-order valence-corrected chi connectivity index (χ3v) is 7.00. The van der Waals surface area contributed by atoms with Gasteiger partial charge in [0.25, 0.3) is 0 Å². The first-order valence-corrected chi connectivity index (χ1v) is 11.8. The van der Waals surface area contributed by atoms with Crippen molar-refractivity contribution in [1.29, 1.82) is 0 Å². The summed E-state index contributed by atoms with van der Waals surface area (Å²) in [5.41, 5.74) is 1.53. The standard InChI is InChI=1S/C24H33N5OS/c1-18-10-6-9-15-29(18)20-16-21(30-2)27-22(26-20)28-23(31)25-17-24(13-7-8-14-24)19-11-4-3-5-12-19/h3-5,11-12,16,18H,6-10,13-15,17H2,1-2H3,(H2,25,26,27,28,31)/t18-/m0/s1. The number of benzene rings is 1. The monoisotopic (exact) mass is 439 g/mol. The van der Waals surface area contributed by atoms with Crippen molar-refractivity contribution in [3.63, 3.8) is 0 Å². The molecule has 6 nitrogen and oxygen atoms in total. The van der Waals surface area contributed by atoms with Crippen LogP contribution >= 0.6 is 12.2 Å². The molecule has 1 atom stereocenters. The summed E-state index contributed by atoms with van der Waals surface area (Å²) in [7, 11) is 1.63. The molecular weight excluding hydrogens is 406 g/mol. The van der Waals surface area contributed by atoms with Crippen LogP contribution in [0.25, 0.3) is 0 Å². The van der Waals surface area contributed by atoms with Crippen LogP contribution in [0.3, 0.4) is 0 Å². The van der Waals surface area contributed by atoms with Crippen molar-refractivity contribution >= 4 is 29.1 Å². The normalized spacial score (nSPS) is 20.3. The molecule has 1 aromatic carbocycles. The van der Waals surface area contributed by atoms with E-state index in [1.807, 2.05) is 6.07 Å². The van der Waals surface area contributed by atoms with Crippen molar-refractivity contribution in [2.45, 2.75) is 63.3 Å². The number of hydrogen-bond donors (Lipinski definition) is 2. The molecule has 1 aromatic heterocycles. The summed E-state index contributed by atoms with van der Waals surface area (Å²) in [5, 5.41) is 7.19. The molecule has 0 radical (unpaired) electrons. The van der Waals surface area contributed by atoms with Gasteiger partial charge in [0, 0.05) is 30.6 Å². The Kier molecular flexibility index (Phi) is 6.90. The van der Waals surface area contributed by atoms with Crippen LogP contribution < -0.4 is 20.3 Å². The Labute approximate surface area is 190 Å². The van der Waals surface area contributed by atoms with Crippen LogP contribution in [-0.2, 0) is 5.41 Å². The molecule has 2 N–H and O–H groups in total. The molecule has 2 heterocycles. The third kappa shape index (κ3) is 5.09. The van der Waals surface area contributed by atoms with E-state index in [1.165, 1.54) is 50.5 Å². The highest BCUT2D eigenvalue weighted by atomic mass is 32.1. The van der Waals surface area contributed by atoms with Crippen molar-refractivity contribution in [1.82, 2.24) is 15.3 Å². The lowest BCUT2D eigenvalue weighted by molar-refractivity contribution is 0.396. The Morgan fingerprint density at radius 1 is 1.16 bits per heavy atom. The SMILES string of the molecule is COc1cc(N2CCCC[C@@H]2C)nc(NC(=S)NCC2(c3ccccc3)CCCC2)n1. The second-order valence-corrected chi connectivity index (χ2v) is 9.20. The van der Waals surface area contributed by atoms with E-state index in [0.29, 0.717) is 23.0 Å². The predicted octanol–water partition coefficient (Wildman–Crippen LogP) is 4.66. The molecule has 1 saturated carbocycles. The second kappa shape index (κ2) is 9.81. The van der Waals surface area contributed by atoms with Gasteiger partial charge in [0.1, 0.15) is 5.82 Å². The lowest BCUT2D eigenvalue weighted by atomic mass is 9.79. The summed E-state index contributed by atoms with van der Waals surface area (Å²) in [6, 6.07) is 13.2. The van der Waals surface area contributed by atoms with Gasteiger partial charge in [0.05, 0.1) is 7.11 Å². The fourth-order valence-electron chi connectivity index (χ4n) is 4.97. The summed E-state index contributed by atoms with van der Waals surface area (Å²) in [5.74, 6) is 1.91. The first-order valence-electron chi connectivity index (χ1n) is 11.4. The molecule has 1 aliphatic carbocycles. The van der Waals surface area contributed by atoms with E-state index in [0.717, 1.165) is 18.9 Å². The average molecular weight is 440 g/mol. The number of hydrogen-bond acceptors (Lipinski definition) is 5. The van der Waals surface area contributed by atoms with Crippen LogP contribution in [0.4, 0.5) is 11.8 Å². The quantitative estimate of drug-likeness (QED) is 0.635. The van der Waals surface area contributed by atoms with E-state index in [1.54, 1.807) is 7.11 Å². The molecule has 1 aliphatic heterocycles. The highest BCUT2D eigenvalue weighted by molar-refractivity contribution is 7.80. The molecule has 0 spiro atoms. The van der Waals surface area contributed by atoms with Gasteiger partial charge in [0.2, 0.25) is 11.8 Å². The van der Waals surface area contributed by atoms with Crippen LogP contribution in [0.5, 0.6) is 5.88 Å². The summed E-state index contributed by atoms with van der Waals surface area (Å²) in [4.78, 5) is 11.5. The molecule has 0 bridgehead atoms. The molecule has 4 rings (SSSR count). The maximum Gasteiger partial charge on any atom is 0.234 e. The van der Waals surface area contributed by atoms with Crippen molar-refractivity contribution in [3.8, 4) is 5.88 Å². The number of aromatic nitrogens is 2. The van der Waals surface area contributed by atoms with Crippen LogP contribution in [0.2, 0.25) is 0 Å². The zero-order valence-corrected chi connectivity index (χ0v) is 19.4. The molecule has 31 heavy (non-hydrogen) atoms. The van der Waals surface area contributed by atoms with E-state index in [2.05, 4.69) is 57.8 Å². The number of nitrogens with one attached hydrogen (secondary N) is 2. The maximum absolute atomic E-state index is 5.62. The molecule has 0 amide bonds. The fraction of sp³-hybridized carbons (Fsp3) is 0.542.